The molecule has 1 heterocycles. The zero-order chi connectivity index (χ0) is 11.1. The maximum absolute atomic E-state index is 5.91. The molecule has 1 aliphatic carbocycles. The normalized spacial score (nSPS) is 27.1. The van der Waals surface area contributed by atoms with Gasteiger partial charge in [0.1, 0.15) is 11.9 Å². The Morgan fingerprint density at radius 1 is 1.19 bits per heavy atom. The summed E-state index contributed by atoms with van der Waals surface area (Å²) in [7, 11) is 2.01. The lowest BCUT2D eigenvalue weighted by Gasteiger charge is -2.17. The zero-order valence-corrected chi connectivity index (χ0v) is 10.0. The molecule has 2 aliphatic rings. The second-order valence-corrected chi connectivity index (χ2v) is 4.96. The van der Waals surface area contributed by atoms with Crippen molar-refractivity contribution < 1.29 is 4.74 Å². The summed E-state index contributed by atoms with van der Waals surface area (Å²) in [5, 5.41) is 3.35. The third-order valence-electron chi connectivity index (χ3n) is 3.90. The minimum absolute atomic E-state index is 0.254. The van der Waals surface area contributed by atoms with E-state index in [1.54, 1.807) is 5.56 Å². The highest BCUT2D eigenvalue weighted by atomic mass is 16.5. The van der Waals surface area contributed by atoms with Gasteiger partial charge in [-0.15, -0.1) is 0 Å². The minimum atomic E-state index is 0.254. The fourth-order valence-corrected chi connectivity index (χ4v) is 3.04. The number of ether oxygens (including phenoxy) is 1. The molecule has 2 atom stereocenters. The summed E-state index contributed by atoms with van der Waals surface area (Å²) in [6.07, 6.45) is 5.39. The van der Waals surface area contributed by atoms with Gasteiger partial charge in [0.25, 0.3) is 0 Å². The van der Waals surface area contributed by atoms with Gasteiger partial charge in [0.2, 0.25) is 0 Å². The molecule has 86 valence electrons. The number of hydrogen-bond acceptors (Lipinski definition) is 2. The zero-order valence-electron chi connectivity index (χ0n) is 10.0. The predicted molar refractivity (Wildman–Crippen MR) is 65.0 cm³/mol. The average molecular weight is 217 g/mol. The first kappa shape index (κ1) is 10.2. The van der Waals surface area contributed by atoms with Crippen molar-refractivity contribution in [3.05, 3.63) is 28.8 Å². The van der Waals surface area contributed by atoms with E-state index in [1.807, 2.05) is 7.05 Å². The molecule has 1 aromatic rings. The van der Waals surface area contributed by atoms with Crippen LogP contribution in [0.15, 0.2) is 12.1 Å². The highest BCUT2D eigenvalue weighted by molar-refractivity contribution is 5.48. The highest BCUT2D eigenvalue weighted by Crippen LogP contribution is 2.39. The largest absolute Gasteiger partial charge is 0.488 e. The molecule has 1 N–H and O–H groups in total. The van der Waals surface area contributed by atoms with Crippen molar-refractivity contribution in [1.82, 2.24) is 5.32 Å². The van der Waals surface area contributed by atoms with Crippen molar-refractivity contribution in [2.24, 2.45) is 0 Å². The van der Waals surface area contributed by atoms with Gasteiger partial charge < -0.3 is 10.1 Å². The summed E-state index contributed by atoms with van der Waals surface area (Å²) in [5.74, 6) is 1.10. The lowest BCUT2D eigenvalue weighted by Crippen LogP contribution is -2.25. The fraction of sp³-hybridized carbons (Fsp3) is 0.571. The molecule has 0 aromatic heterocycles. The van der Waals surface area contributed by atoms with Gasteiger partial charge >= 0.3 is 0 Å². The monoisotopic (exact) mass is 217 g/mol. The summed E-state index contributed by atoms with van der Waals surface area (Å²) in [4.78, 5) is 0. The van der Waals surface area contributed by atoms with Crippen LogP contribution in [0.3, 0.4) is 0 Å². The average Bonchev–Trinajstić information content (AvgIpc) is 2.60. The molecule has 3 rings (SSSR count). The van der Waals surface area contributed by atoms with Crippen LogP contribution in [0.5, 0.6) is 5.75 Å². The Labute approximate surface area is 97.0 Å². The number of fused-ring (bicyclic) bond motifs is 2. The standard InChI is InChI=1S/C14H19NO/c1-9-14(15-2)12-7-10-5-3-4-6-11(10)8-13(12)16-9/h7-9,14-15H,3-6H2,1-2H3. The Hall–Kier alpha value is -1.02. The van der Waals surface area contributed by atoms with Gasteiger partial charge in [0, 0.05) is 5.56 Å². The first-order valence-electron chi connectivity index (χ1n) is 6.29. The molecule has 16 heavy (non-hydrogen) atoms. The van der Waals surface area contributed by atoms with Gasteiger partial charge in [0.15, 0.2) is 0 Å². The first-order chi connectivity index (χ1) is 7.79. The molecule has 1 aliphatic heterocycles. The summed E-state index contributed by atoms with van der Waals surface area (Å²) in [6.45, 7) is 2.14. The van der Waals surface area contributed by atoms with Gasteiger partial charge in [-0.3, -0.25) is 0 Å². The van der Waals surface area contributed by atoms with Gasteiger partial charge in [-0.2, -0.15) is 0 Å². The first-order valence-corrected chi connectivity index (χ1v) is 6.29. The van der Waals surface area contributed by atoms with Crippen LogP contribution < -0.4 is 10.1 Å². The summed E-state index contributed by atoms with van der Waals surface area (Å²) in [6, 6.07) is 5.01. The smallest absolute Gasteiger partial charge is 0.125 e. The summed E-state index contributed by atoms with van der Waals surface area (Å²) in [5.41, 5.74) is 4.41. The molecule has 0 radical (unpaired) electrons. The van der Waals surface area contributed by atoms with Crippen LogP contribution in [0, 0.1) is 0 Å². The fourth-order valence-electron chi connectivity index (χ4n) is 3.04. The van der Waals surface area contributed by atoms with Crippen molar-refractivity contribution in [3.8, 4) is 5.75 Å². The van der Waals surface area contributed by atoms with Crippen LogP contribution in [0.2, 0.25) is 0 Å². The number of rotatable bonds is 1. The molecule has 2 heteroatoms. The van der Waals surface area contributed by atoms with Crippen molar-refractivity contribution in [1.29, 1.82) is 0 Å². The van der Waals surface area contributed by atoms with Crippen LogP contribution in [-0.4, -0.2) is 13.2 Å². The molecular formula is C14H19NO. The van der Waals surface area contributed by atoms with Gasteiger partial charge in [-0.05, 0) is 56.8 Å². The minimum Gasteiger partial charge on any atom is -0.488 e. The van der Waals surface area contributed by atoms with E-state index < -0.39 is 0 Å². The van der Waals surface area contributed by atoms with Crippen LogP contribution in [-0.2, 0) is 12.8 Å². The molecule has 0 amide bonds. The van der Waals surface area contributed by atoms with Crippen LogP contribution >= 0.6 is 0 Å². The quantitative estimate of drug-likeness (QED) is 0.780. The number of nitrogens with one attached hydrogen (secondary N) is 1. The third-order valence-corrected chi connectivity index (χ3v) is 3.90. The highest BCUT2D eigenvalue weighted by Gasteiger charge is 2.31. The van der Waals surface area contributed by atoms with E-state index in [4.69, 9.17) is 4.74 Å². The van der Waals surface area contributed by atoms with Gasteiger partial charge in [-0.25, -0.2) is 0 Å². The molecule has 0 bridgehead atoms. The molecule has 1 aromatic carbocycles. The van der Waals surface area contributed by atoms with E-state index >= 15 is 0 Å². The van der Waals surface area contributed by atoms with Gasteiger partial charge in [0.05, 0.1) is 6.04 Å². The lowest BCUT2D eigenvalue weighted by atomic mass is 9.89. The Bertz CT molecular complexity index is 413. The Balaban J connectivity index is 2.06. The van der Waals surface area contributed by atoms with E-state index in [0.29, 0.717) is 6.04 Å². The van der Waals surface area contributed by atoms with Crippen LogP contribution in [0.25, 0.3) is 0 Å². The van der Waals surface area contributed by atoms with E-state index in [9.17, 15) is 0 Å². The Morgan fingerprint density at radius 3 is 2.56 bits per heavy atom. The van der Waals surface area contributed by atoms with Crippen LogP contribution in [0.1, 0.15) is 42.5 Å². The molecular weight excluding hydrogens is 198 g/mol. The van der Waals surface area contributed by atoms with Crippen LogP contribution in [0.4, 0.5) is 0 Å². The van der Waals surface area contributed by atoms with Crippen molar-refractivity contribution in [2.75, 3.05) is 7.05 Å². The van der Waals surface area contributed by atoms with Crippen molar-refractivity contribution >= 4 is 0 Å². The van der Waals surface area contributed by atoms with Gasteiger partial charge in [-0.1, -0.05) is 6.07 Å². The van der Waals surface area contributed by atoms with Crippen molar-refractivity contribution in [3.63, 3.8) is 0 Å². The topological polar surface area (TPSA) is 21.3 Å². The Kier molecular flexibility index (Phi) is 2.40. The molecule has 0 saturated carbocycles. The number of benzene rings is 1. The van der Waals surface area contributed by atoms with Crippen molar-refractivity contribution in [2.45, 2.75) is 44.8 Å². The maximum Gasteiger partial charge on any atom is 0.125 e. The second kappa shape index (κ2) is 3.77. The van der Waals surface area contributed by atoms with E-state index in [2.05, 4.69) is 24.4 Å². The summed E-state index contributed by atoms with van der Waals surface area (Å²) >= 11 is 0. The number of likely N-dealkylation sites (N-methyl/N-ethyl adjacent to an activating group) is 1. The van der Waals surface area contributed by atoms with E-state index in [1.165, 1.54) is 36.8 Å². The summed E-state index contributed by atoms with van der Waals surface area (Å²) < 4.78 is 5.91. The molecule has 2 nitrogen and oxygen atoms in total. The third kappa shape index (κ3) is 1.44. The number of hydrogen-bond donors (Lipinski definition) is 1. The Morgan fingerprint density at radius 2 is 1.88 bits per heavy atom. The molecule has 0 spiro atoms. The SMILES string of the molecule is CNC1c2cc3c(cc2OC1C)CCCC3. The van der Waals surface area contributed by atoms with E-state index in [0.717, 1.165) is 5.75 Å². The second-order valence-electron chi connectivity index (χ2n) is 4.96. The van der Waals surface area contributed by atoms with E-state index in [-0.39, 0.29) is 6.10 Å². The molecule has 0 saturated heterocycles. The predicted octanol–water partition coefficient (Wildman–Crippen LogP) is 2.61. The lowest BCUT2D eigenvalue weighted by molar-refractivity contribution is 0.214. The maximum atomic E-state index is 5.91. The number of aryl methyl sites for hydroxylation is 2. The molecule has 0 fully saturated rings. The molecule has 2 unspecified atom stereocenters.